The van der Waals surface area contributed by atoms with E-state index in [0.29, 0.717) is 11.6 Å². The monoisotopic (exact) mass is 486 g/mol. The number of carbonyl (C=O) groups is 1. The number of hydrogen-bond acceptors (Lipinski definition) is 4. The SMILES string of the molecule is Cc1nn(Cc2ccccc2Cl)c(C)c1C=CC(=O)NCCS(=O)(=O)NCc1ccccc1. The van der Waals surface area contributed by atoms with Crippen LogP contribution in [-0.2, 0) is 27.9 Å². The van der Waals surface area contributed by atoms with Crippen LogP contribution in [0.4, 0.5) is 0 Å². The first-order valence-corrected chi connectivity index (χ1v) is 12.5. The molecule has 0 aliphatic carbocycles. The van der Waals surface area contributed by atoms with E-state index in [-0.39, 0.29) is 24.7 Å². The van der Waals surface area contributed by atoms with Gasteiger partial charge in [-0.1, -0.05) is 60.1 Å². The van der Waals surface area contributed by atoms with E-state index in [0.717, 1.165) is 28.1 Å². The normalized spacial score (nSPS) is 11.7. The summed E-state index contributed by atoms with van der Waals surface area (Å²) in [7, 11) is -3.50. The van der Waals surface area contributed by atoms with Crippen molar-refractivity contribution in [3.8, 4) is 0 Å². The Morgan fingerprint density at radius 3 is 2.52 bits per heavy atom. The molecule has 2 N–H and O–H groups in total. The Labute approximate surface area is 199 Å². The van der Waals surface area contributed by atoms with E-state index in [1.165, 1.54) is 6.08 Å². The molecule has 9 heteroatoms. The molecule has 0 unspecified atom stereocenters. The highest BCUT2D eigenvalue weighted by molar-refractivity contribution is 7.89. The summed E-state index contributed by atoms with van der Waals surface area (Å²) in [6.07, 6.45) is 3.08. The summed E-state index contributed by atoms with van der Waals surface area (Å²) in [6.45, 7) is 4.56. The van der Waals surface area contributed by atoms with Crippen LogP contribution in [0, 0.1) is 13.8 Å². The summed E-state index contributed by atoms with van der Waals surface area (Å²) >= 11 is 6.25. The molecule has 1 aromatic heterocycles. The van der Waals surface area contributed by atoms with Gasteiger partial charge in [0.25, 0.3) is 0 Å². The average molecular weight is 487 g/mol. The van der Waals surface area contributed by atoms with Crippen molar-refractivity contribution in [2.24, 2.45) is 0 Å². The van der Waals surface area contributed by atoms with Crippen LogP contribution in [0.2, 0.25) is 5.02 Å². The van der Waals surface area contributed by atoms with Gasteiger partial charge in [0.1, 0.15) is 0 Å². The molecule has 0 atom stereocenters. The van der Waals surface area contributed by atoms with E-state index in [1.807, 2.05) is 73.1 Å². The Morgan fingerprint density at radius 1 is 1.09 bits per heavy atom. The lowest BCUT2D eigenvalue weighted by Gasteiger charge is -2.07. The van der Waals surface area contributed by atoms with Crippen molar-refractivity contribution in [3.63, 3.8) is 0 Å². The molecule has 33 heavy (non-hydrogen) atoms. The highest BCUT2D eigenvalue weighted by Crippen LogP contribution is 2.20. The first-order chi connectivity index (χ1) is 15.7. The molecule has 3 rings (SSSR count). The van der Waals surface area contributed by atoms with Crippen molar-refractivity contribution < 1.29 is 13.2 Å². The molecule has 7 nitrogen and oxygen atoms in total. The molecular weight excluding hydrogens is 460 g/mol. The van der Waals surface area contributed by atoms with Gasteiger partial charge in [-0.25, -0.2) is 13.1 Å². The molecule has 1 heterocycles. The zero-order chi connectivity index (χ0) is 23.8. The fraction of sp³-hybridized carbons (Fsp3) is 0.250. The number of carbonyl (C=O) groups excluding carboxylic acids is 1. The molecule has 0 saturated carbocycles. The van der Waals surface area contributed by atoms with Crippen molar-refractivity contribution in [2.45, 2.75) is 26.9 Å². The zero-order valence-corrected chi connectivity index (χ0v) is 20.2. The summed E-state index contributed by atoms with van der Waals surface area (Å²) in [4.78, 5) is 12.2. The zero-order valence-electron chi connectivity index (χ0n) is 18.6. The second-order valence-electron chi connectivity index (χ2n) is 7.58. The number of sulfonamides is 1. The Balaban J connectivity index is 1.52. The molecule has 0 spiro atoms. The predicted octanol–water partition coefficient (Wildman–Crippen LogP) is 3.45. The second kappa shape index (κ2) is 11.3. The number of amides is 1. The minimum atomic E-state index is -3.50. The fourth-order valence-corrected chi connectivity index (χ4v) is 4.38. The van der Waals surface area contributed by atoms with E-state index in [4.69, 9.17) is 11.6 Å². The summed E-state index contributed by atoms with van der Waals surface area (Å²) in [5.74, 6) is -0.571. The number of nitrogens with one attached hydrogen (secondary N) is 2. The lowest BCUT2D eigenvalue weighted by atomic mass is 10.1. The van der Waals surface area contributed by atoms with E-state index >= 15 is 0 Å². The number of aromatic nitrogens is 2. The molecular formula is C24H27ClN4O3S. The number of halogens is 1. The maximum Gasteiger partial charge on any atom is 0.244 e. The van der Waals surface area contributed by atoms with Crippen LogP contribution in [0.3, 0.4) is 0 Å². The largest absolute Gasteiger partial charge is 0.351 e. The van der Waals surface area contributed by atoms with Crippen LogP contribution in [0.25, 0.3) is 6.08 Å². The minimum absolute atomic E-state index is 0.0109. The van der Waals surface area contributed by atoms with Gasteiger partial charge in [0.2, 0.25) is 15.9 Å². The van der Waals surface area contributed by atoms with Crippen molar-refractivity contribution in [2.75, 3.05) is 12.3 Å². The number of nitrogens with zero attached hydrogens (tertiary/aromatic N) is 2. The molecule has 0 aliphatic heterocycles. The highest BCUT2D eigenvalue weighted by atomic mass is 35.5. The summed E-state index contributed by atoms with van der Waals surface area (Å²) in [6, 6.07) is 16.8. The van der Waals surface area contributed by atoms with E-state index < -0.39 is 10.0 Å². The maximum atomic E-state index is 12.2. The van der Waals surface area contributed by atoms with Crippen LogP contribution in [0.5, 0.6) is 0 Å². The first-order valence-electron chi connectivity index (χ1n) is 10.5. The van der Waals surface area contributed by atoms with Gasteiger partial charge in [-0.2, -0.15) is 5.10 Å². The van der Waals surface area contributed by atoms with Crippen LogP contribution in [0.15, 0.2) is 60.7 Å². The van der Waals surface area contributed by atoms with E-state index in [1.54, 1.807) is 6.08 Å². The second-order valence-corrected chi connectivity index (χ2v) is 9.92. The van der Waals surface area contributed by atoms with Crippen molar-refractivity contribution in [1.29, 1.82) is 0 Å². The van der Waals surface area contributed by atoms with Gasteiger partial charge in [-0.3, -0.25) is 9.48 Å². The van der Waals surface area contributed by atoms with Crippen molar-refractivity contribution in [1.82, 2.24) is 19.8 Å². The molecule has 174 valence electrons. The Morgan fingerprint density at radius 2 is 1.79 bits per heavy atom. The van der Waals surface area contributed by atoms with Gasteiger partial charge in [-0.15, -0.1) is 0 Å². The van der Waals surface area contributed by atoms with Crippen LogP contribution in [0.1, 0.15) is 28.1 Å². The van der Waals surface area contributed by atoms with Gasteiger partial charge in [-0.05, 0) is 37.1 Å². The van der Waals surface area contributed by atoms with Gasteiger partial charge in [0, 0.05) is 35.4 Å². The Hall–Kier alpha value is -2.94. The van der Waals surface area contributed by atoms with Gasteiger partial charge in [0.15, 0.2) is 0 Å². The lowest BCUT2D eigenvalue weighted by molar-refractivity contribution is -0.116. The maximum absolute atomic E-state index is 12.2. The Kier molecular flexibility index (Phi) is 8.43. The molecule has 0 radical (unpaired) electrons. The quantitative estimate of drug-likeness (QED) is 0.429. The third kappa shape index (κ3) is 7.28. The molecule has 0 saturated heterocycles. The van der Waals surface area contributed by atoms with Crippen LogP contribution >= 0.6 is 11.6 Å². The fourth-order valence-electron chi connectivity index (χ4n) is 3.28. The molecule has 0 aliphatic rings. The lowest BCUT2D eigenvalue weighted by Crippen LogP contribution is -2.33. The van der Waals surface area contributed by atoms with Gasteiger partial charge in [0.05, 0.1) is 18.0 Å². The third-order valence-electron chi connectivity index (χ3n) is 5.13. The smallest absolute Gasteiger partial charge is 0.244 e. The third-order valence-corrected chi connectivity index (χ3v) is 6.82. The topological polar surface area (TPSA) is 93.1 Å². The first kappa shape index (κ1) is 24.7. The van der Waals surface area contributed by atoms with Gasteiger partial charge < -0.3 is 5.32 Å². The van der Waals surface area contributed by atoms with E-state index in [2.05, 4.69) is 15.1 Å². The van der Waals surface area contributed by atoms with Crippen molar-refractivity contribution >= 4 is 33.6 Å². The standard InChI is InChI=1S/C24H27ClN4O3S/c1-18-22(19(2)29(28-18)17-21-10-6-7-11-23(21)25)12-13-24(30)26-14-15-33(31,32)27-16-20-8-4-3-5-9-20/h3-13,27H,14-17H2,1-2H3,(H,26,30). The molecule has 1 amide bonds. The minimum Gasteiger partial charge on any atom is -0.351 e. The van der Waals surface area contributed by atoms with Crippen molar-refractivity contribution in [3.05, 3.63) is 93.8 Å². The predicted molar refractivity (Wildman–Crippen MR) is 131 cm³/mol. The number of rotatable bonds is 10. The highest BCUT2D eigenvalue weighted by Gasteiger charge is 2.12. The number of aryl methyl sites for hydroxylation is 1. The van der Waals surface area contributed by atoms with Gasteiger partial charge >= 0.3 is 0 Å². The molecule has 0 bridgehead atoms. The summed E-state index contributed by atoms with van der Waals surface area (Å²) < 4.78 is 28.6. The molecule has 0 fully saturated rings. The average Bonchev–Trinajstić information content (AvgIpc) is 3.05. The number of hydrogen-bond donors (Lipinski definition) is 2. The summed E-state index contributed by atoms with van der Waals surface area (Å²) in [5, 5.41) is 7.84. The molecule has 3 aromatic rings. The van der Waals surface area contributed by atoms with Crippen LogP contribution in [-0.4, -0.2) is 36.4 Å². The Bertz CT molecular complexity index is 1240. The van der Waals surface area contributed by atoms with Crippen LogP contribution < -0.4 is 10.0 Å². The summed E-state index contributed by atoms with van der Waals surface area (Å²) in [5.41, 5.74) is 4.36. The van der Waals surface area contributed by atoms with E-state index in [9.17, 15) is 13.2 Å². The number of benzene rings is 2. The molecule has 2 aromatic carbocycles.